The van der Waals surface area contributed by atoms with Gasteiger partial charge < -0.3 is 11.1 Å². The van der Waals surface area contributed by atoms with E-state index in [9.17, 15) is 13.2 Å². The number of aromatic nitrogens is 1. The van der Waals surface area contributed by atoms with Crippen molar-refractivity contribution in [1.29, 1.82) is 0 Å². The molecule has 0 radical (unpaired) electrons. The summed E-state index contributed by atoms with van der Waals surface area (Å²) in [7, 11) is 0. The molecule has 2 unspecified atom stereocenters. The van der Waals surface area contributed by atoms with Gasteiger partial charge in [-0.15, -0.1) is 0 Å². The van der Waals surface area contributed by atoms with Crippen LogP contribution in [-0.4, -0.2) is 22.0 Å². The number of pyridine rings is 1. The lowest BCUT2D eigenvalue weighted by Crippen LogP contribution is -2.27. The molecule has 1 saturated carbocycles. The molecule has 7 heteroatoms. The average Bonchev–Trinajstić information content (AvgIpc) is 2.75. The van der Waals surface area contributed by atoms with Crippen LogP contribution in [0.3, 0.4) is 0 Å². The van der Waals surface area contributed by atoms with Crippen molar-refractivity contribution in [2.75, 3.05) is 16.8 Å². The number of halogens is 3. The Balaban J connectivity index is 2.15. The van der Waals surface area contributed by atoms with Gasteiger partial charge >= 0.3 is 6.18 Å². The van der Waals surface area contributed by atoms with Crippen molar-refractivity contribution in [3.8, 4) is 0 Å². The molecule has 20 heavy (non-hydrogen) atoms. The predicted molar refractivity (Wildman–Crippen MR) is 76.8 cm³/mol. The summed E-state index contributed by atoms with van der Waals surface area (Å²) in [5.41, 5.74) is 4.71. The van der Waals surface area contributed by atoms with Crippen molar-refractivity contribution in [3.05, 3.63) is 17.7 Å². The van der Waals surface area contributed by atoms with Gasteiger partial charge in [0.15, 0.2) is 0 Å². The quantitative estimate of drug-likeness (QED) is 0.889. The van der Waals surface area contributed by atoms with E-state index in [4.69, 9.17) is 5.73 Å². The molecule has 0 bridgehead atoms. The Bertz CT molecular complexity index is 465. The van der Waals surface area contributed by atoms with Gasteiger partial charge in [-0.05, 0) is 30.7 Å². The molecule has 3 nitrogen and oxygen atoms in total. The molecule has 2 atom stereocenters. The highest BCUT2D eigenvalue weighted by Crippen LogP contribution is 2.34. The Morgan fingerprint density at radius 3 is 2.80 bits per heavy atom. The standard InChI is InChI=1S/C13H18F3N3S/c1-2-20-10-5-3-4-9(10)18-12-7-8(13(14,15)16)6-11(17)19-12/h6-7,9-10H,2-5H2,1H3,(H3,17,18,19). The van der Waals surface area contributed by atoms with Gasteiger partial charge in [0.1, 0.15) is 11.6 Å². The van der Waals surface area contributed by atoms with E-state index in [-0.39, 0.29) is 17.7 Å². The lowest BCUT2D eigenvalue weighted by atomic mass is 10.2. The van der Waals surface area contributed by atoms with Crippen molar-refractivity contribution in [2.24, 2.45) is 0 Å². The topological polar surface area (TPSA) is 50.9 Å². The molecule has 1 heterocycles. The van der Waals surface area contributed by atoms with E-state index in [0.29, 0.717) is 5.25 Å². The molecule has 0 spiro atoms. The van der Waals surface area contributed by atoms with E-state index in [1.54, 1.807) is 0 Å². The molecule has 0 aliphatic heterocycles. The number of rotatable bonds is 4. The first-order chi connectivity index (χ1) is 9.40. The lowest BCUT2D eigenvalue weighted by Gasteiger charge is -2.21. The van der Waals surface area contributed by atoms with Gasteiger partial charge in [-0.1, -0.05) is 13.3 Å². The monoisotopic (exact) mass is 305 g/mol. The minimum Gasteiger partial charge on any atom is -0.384 e. The highest BCUT2D eigenvalue weighted by Gasteiger charge is 2.32. The van der Waals surface area contributed by atoms with Gasteiger partial charge in [-0.2, -0.15) is 24.9 Å². The summed E-state index contributed by atoms with van der Waals surface area (Å²) in [6, 6.07) is 2.05. The van der Waals surface area contributed by atoms with Crippen LogP contribution in [0.5, 0.6) is 0 Å². The first-order valence-corrected chi connectivity index (χ1v) is 7.68. The second-order valence-corrected chi connectivity index (χ2v) is 6.36. The van der Waals surface area contributed by atoms with Crippen molar-refractivity contribution in [2.45, 2.75) is 43.7 Å². The largest absolute Gasteiger partial charge is 0.416 e. The smallest absolute Gasteiger partial charge is 0.384 e. The summed E-state index contributed by atoms with van der Waals surface area (Å²) in [6.07, 6.45) is -1.27. The molecule has 0 saturated heterocycles. The molecule has 112 valence electrons. The number of nitrogens with zero attached hydrogens (tertiary/aromatic N) is 1. The SMILES string of the molecule is CCSC1CCCC1Nc1cc(C(F)(F)F)cc(N)n1. The van der Waals surface area contributed by atoms with E-state index in [1.807, 2.05) is 11.8 Å². The van der Waals surface area contributed by atoms with Crippen LogP contribution in [0.1, 0.15) is 31.7 Å². The van der Waals surface area contributed by atoms with Gasteiger partial charge in [0, 0.05) is 11.3 Å². The van der Waals surface area contributed by atoms with Crippen LogP contribution in [0.15, 0.2) is 12.1 Å². The van der Waals surface area contributed by atoms with Crippen molar-refractivity contribution >= 4 is 23.4 Å². The maximum Gasteiger partial charge on any atom is 0.416 e. The molecule has 3 N–H and O–H groups in total. The Kier molecular flexibility index (Phi) is 4.67. The Hall–Kier alpha value is -1.11. The molecule has 1 aliphatic carbocycles. The molecular weight excluding hydrogens is 287 g/mol. The number of alkyl halides is 3. The third-order valence-electron chi connectivity index (χ3n) is 3.34. The van der Waals surface area contributed by atoms with Crippen LogP contribution in [0.25, 0.3) is 0 Å². The van der Waals surface area contributed by atoms with Crippen LogP contribution < -0.4 is 11.1 Å². The first kappa shape index (κ1) is 15.3. The Morgan fingerprint density at radius 2 is 2.15 bits per heavy atom. The highest BCUT2D eigenvalue weighted by atomic mass is 32.2. The molecular formula is C13H18F3N3S. The van der Waals surface area contributed by atoms with Crippen molar-refractivity contribution < 1.29 is 13.2 Å². The molecule has 1 aromatic rings. The van der Waals surface area contributed by atoms with Crippen LogP contribution in [-0.2, 0) is 6.18 Å². The molecule has 1 aromatic heterocycles. The Morgan fingerprint density at radius 1 is 1.40 bits per heavy atom. The number of hydrogen-bond donors (Lipinski definition) is 2. The van der Waals surface area contributed by atoms with Crippen molar-refractivity contribution in [1.82, 2.24) is 4.98 Å². The zero-order valence-corrected chi connectivity index (χ0v) is 12.0. The second kappa shape index (κ2) is 6.11. The van der Waals surface area contributed by atoms with Crippen LogP contribution >= 0.6 is 11.8 Å². The zero-order valence-electron chi connectivity index (χ0n) is 11.2. The fourth-order valence-corrected chi connectivity index (χ4v) is 3.68. The first-order valence-electron chi connectivity index (χ1n) is 6.63. The number of hydrogen-bond acceptors (Lipinski definition) is 4. The maximum atomic E-state index is 12.7. The van der Waals surface area contributed by atoms with Crippen LogP contribution in [0.4, 0.5) is 24.8 Å². The van der Waals surface area contributed by atoms with Gasteiger partial charge in [0.25, 0.3) is 0 Å². The predicted octanol–water partition coefficient (Wildman–Crippen LogP) is 3.77. The maximum absolute atomic E-state index is 12.7. The molecule has 0 aromatic carbocycles. The summed E-state index contributed by atoms with van der Waals surface area (Å²) in [4.78, 5) is 3.96. The van der Waals surface area contributed by atoms with E-state index in [1.165, 1.54) is 0 Å². The van der Waals surface area contributed by atoms with Crippen LogP contribution in [0, 0.1) is 0 Å². The highest BCUT2D eigenvalue weighted by molar-refractivity contribution is 7.99. The summed E-state index contributed by atoms with van der Waals surface area (Å²) >= 11 is 1.84. The molecule has 1 aliphatic rings. The third-order valence-corrected chi connectivity index (χ3v) is 4.66. The molecule has 1 fully saturated rings. The minimum atomic E-state index is -4.40. The number of nitrogens with two attached hydrogens (primary N) is 1. The zero-order chi connectivity index (χ0) is 14.8. The fourth-order valence-electron chi connectivity index (χ4n) is 2.48. The molecule has 0 amide bonds. The fraction of sp³-hybridized carbons (Fsp3) is 0.615. The summed E-state index contributed by atoms with van der Waals surface area (Å²) in [5, 5.41) is 3.55. The van der Waals surface area contributed by atoms with Gasteiger partial charge in [0.05, 0.1) is 5.56 Å². The summed E-state index contributed by atoms with van der Waals surface area (Å²) in [6.45, 7) is 2.08. The normalized spacial score (nSPS) is 23.0. The van der Waals surface area contributed by atoms with E-state index >= 15 is 0 Å². The van der Waals surface area contributed by atoms with Gasteiger partial charge in [0.2, 0.25) is 0 Å². The van der Waals surface area contributed by atoms with Crippen LogP contribution in [0.2, 0.25) is 0 Å². The van der Waals surface area contributed by atoms with E-state index in [2.05, 4.69) is 17.2 Å². The third kappa shape index (κ3) is 3.71. The Labute approximate surface area is 120 Å². The van der Waals surface area contributed by atoms with Crippen molar-refractivity contribution in [3.63, 3.8) is 0 Å². The average molecular weight is 305 g/mol. The second-order valence-electron chi connectivity index (χ2n) is 4.84. The summed E-state index contributed by atoms with van der Waals surface area (Å²) < 4.78 is 38.2. The lowest BCUT2D eigenvalue weighted by molar-refractivity contribution is -0.137. The van der Waals surface area contributed by atoms with E-state index in [0.717, 1.165) is 37.1 Å². The minimum absolute atomic E-state index is 0.111. The van der Waals surface area contributed by atoms with Gasteiger partial charge in [-0.25, -0.2) is 4.98 Å². The number of nitrogen functional groups attached to an aromatic ring is 1. The number of thioether (sulfide) groups is 1. The van der Waals surface area contributed by atoms with Gasteiger partial charge in [-0.3, -0.25) is 0 Å². The number of nitrogens with one attached hydrogen (secondary N) is 1. The number of anilines is 2. The van der Waals surface area contributed by atoms with E-state index < -0.39 is 11.7 Å². The summed E-state index contributed by atoms with van der Waals surface area (Å²) in [5.74, 6) is 1.10. The molecule has 2 rings (SSSR count).